The molecule has 1 saturated carbocycles. The zero-order chi connectivity index (χ0) is 13.3. The van der Waals surface area contributed by atoms with Gasteiger partial charge < -0.3 is 11.5 Å². The largest absolute Gasteiger partial charge is 0.405 e. The van der Waals surface area contributed by atoms with Crippen LogP contribution >= 0.6 is 0 Å². The highest BCUT2D eigenvalue weighted by molar-refractivity contribution is 6.46. The molecular weight excluding hydrogens is 207 g/mol. The van der Waals surface area contributed by atoms with Crippen molar-refractivity contribution in [1.29, 1.82) is 0 Å². The Bertz CT molecular complexity index is 285. The minimum absolute atomic E-state index is 0.204. The molecule has 1 rings (SSSR count). The van der Waals surface area contributed by atoms with Crippen LogP contribution in [-0.4, -0.2) is 13.3 Å². The number of rotatable bonds is 5. The summed E-state index contributed by atoms with van der Waals surface area (Å²) < 4.78 is 0. The predicted octanol–water partition coefficient (Wildman–Crippen LogP) is 2.45. The van der Waals surface area contributed by atoms with Crippen LogP contribution < -0.4 is 11.5 Å². The summed E-state index contributed by atoms with van der Waals surface area (Å²) in [6.07, 6.45) is 5.46. The molecule has 0 amide bonds. The van der Waals surface area contributed by atoms with Crippen molar-refractivity contribution in [3.63, 3.8) is 0 Å². The summed E-state index contributed by atoms with van der Waals surface area (Å²) in [4.78, 5) is 0. The lowest BCUT2D eigenvalue weighted by atomic mass is 9.52. The van der Waals surface area contributed by atoms with Gasteiger partial charge in [0.25, 0.3) is 0 Å². The molecule has 3 heteroatoms. The summed E-state index contributed by atoms with van der Waals surface area (Å²) in [7, 11) is 1.04. The Morgan fingerprint density at radius 3 is 2.18 bits per heavy atom. The van der Waals surface area contributed by atoms with Crippen LogP contribution in [0.5, 0.6) is 0 Å². The van der Waals surface area contributed by atoms with Crippen LogP contribution in [0.15, 0.2) is 11.7 Å². The lowest BCUT2D eigenvalue weighted by Gasteiger charge is -2.39. The minimum Gasteiger partial charge on any atom is -0.405 e. The first-order valence-corrected chi connectivity index (χ1v) is 6.85. The van der Waals surface area contributed by atoms with Gasteiger partial charge in [0.15, 0.2) is 7.28 Å². The van der Waals surface area contributed by atoms with Crippen LogP contribution in [-0.2, 0) is 0 Å². The highest BCUT2D eigenvalue weighted by Crippen LogP contribution is 2.42. The standard InChI is InChI=1S/C14H29BN2/c1-13(2,3)14(4,5)9-15-11(8-16)12(17)10-6-7-10/h8,10,12,15H,6-7,9,16-17H2,1-5H3/b11-8+. The van der Waals surface area contributed by atoms with Gasteiger partial charge in [0.05, 0.1) is 0 Å². The average molecular weight is 236 g/mol. The zero-order valence-electron chi connectivity index (χ0n) is 12.2. The van der Waals surface area contributed by atoms with Gasteiger partial charge >= 0.3 is 0 Å². The first-order chi connectivity index (χ1) is 7.69. The van der Waals surface area contributed by atoms with E-state index in [1.165, 1.54) is 18.3 Å². The Balaban J connectivity index is 2.53. The molecule has 1 unspecified atom stereocenters. The fourth-order valence-electron chi connectivity index (χ4n) is 1.95. The Labute approximate surface area is 107 Å². The van der Waals surface area contributed by atoms with Crippen LogP contribution in [0, 0.1) is 16.7 Å². The molecule has 0 radical (unpaired) electrons. The first-order valence-electron chi connectivity index (χ1n) is 6.85. The summed E-state index contributed by atoms with van der Waals surface area (Å²) in [5.41, 5.74) is 13.8. The van der Waals surface area contributed by atoms with Crippen molar-refractivity contribution in [2.45, 2.75) is 59.8 Å². The molecule has 1 atom stereocenters. The van der Waals surface area contributed by atoms with Crippen molar-refractivity contribution in [3.8, 4) is 0 Å². The van der Waals surface area contributed by atoms with Crippen LogP contribution in [0.1, 0.15) is 47.5 Å². The van der Waals surface area contributed by atoms with Crippen molar-refractivity contribution >= 4 is 7.28 Å². The molecular formula is C14H29BN2. The zero-order valence-corrected chi connectivity index (χ0v) is 12.2. The minimum atomic E-state index is 0.204. The molecule has 4 N–H and O–H groups in total. The van der Waals surface area contributed by atoms with Crippen LogP contribution in [0.25, 0.3) is 0 Å². The monoisotopic (exact) mass is 236 g/mol. The van der Waals surface area contributed by atoms with E-state index in [2.05, 4.69) is 34.6 Å². The second kappa shape index (κ2) is 5.05. The summed E-state index contributed by atoms with van der Waals surface area (Å²) in [5.74, 6) is 0.697. The van der Waals surface area contributed by atoms with E-state index >= 15 is 0 Å². The normalized spacial score (nSPS) is 20.2. The molecule has 2 nitrogen and oxygen atoms in total. The summed E-state index contributed by atoms with van der Waals surface area (Å²) >= 11 is 0. The van der Waals surface area contributed by atoms with Gasteiger partial charge in [-0.05, 0) is 35.8 Å². The highest BCUT2D eigenvalue weighted by Gasteiger charge is 2.35. The molecule has 0 heterocycles. The van der Waals surface area contributed by atoms with Crippen molar-refractivity contribution < 1.29 is 0 Å². The van der Waals surface area contributed by atoms with Crippen molar-refractivity contribution in [1.82, 2.24) is 0 Å². The van der Waals surface area contributed by atoms with Crippen molar-refractivity contribution in [3.05, 3.63) is 11.7 Å². The van der Waals surface area contributed by atoms with E-state index < -0.39 is 0 Å². The lowest BCUT2D eigenvalue weighted by Crippen LogP contribution is -2.34. The van der Waals surface area contributed by atoms with Gasteiger partial charge in [0, 0.05) is 6.04 Å². The van der Waals surface area contributed by atoms with Gasteiger partial charge in [-0.3, -0.25) is 0 Å². The maximum Gasteiger partial charge on any atom is 0.156 e. The van der Waals surface area contributed by atoms with Gasteiger partial charge in [-0.25, -0.2) is 0 Å². The second-order valence-corrected chi connectivity index (χ2v) is 7.24. The molecule has 0 aliphatic heterocycles. The maximum atomic E-state index is 6.22. The number of hydrogen-bond donors (Lipinski definition) is 2. The summed E-state index contributed by atoms with van der Waals surface area (Å²) in [6.45, 7) is 11.6. The smallest absolute Gasteiger partial charge is 0.156 e. The Hall–Kier alpha value is -0.435. The third-order valence-electron chi connectivity index (χ3n) is 4.84. The fourth-order valence-corrected chi connectivity index (χ4v) is 1.95. The van der Waals surface area contributed by atoms with E-state index in [1.807, 2.05) is 0 Å². The van der Waals surface area contributed by atoms with Gasteiger partial charge in [-0.2, -0.15) is 0 Å². The van der Waals surface area contributed by atoms with Crippen molar-refractivity contribution in [2.24, 2.45) is 28.2 Å². The van der Waals surface area contributed by atoms with E-state index in [0.717, 1.165) is 13.6 Å². The molecule has 0 saturated heterocycles. The topological polar surface area (TPSA) is 52.0 Å². The first kappa shape index (κ1) is 14.6. The molecule has 1 aliphatic carbocycles. The lowest BCUT2D eigenvalue weighted by molar-refractivity contribution is 0.156. The molecule has 0 aromatic rings. The SMILES string of the molecule is CC(C)(C)C(C)(C)CB/C(=C/N)C(N)C1CC1. The second-order valence-electron chi connectivity index (χ2n) is 7.24. The Kier molecular flexibility index (Phi) is 4.35. The molecule has 1 fully saturated rings. The van der Waals surface area contributed by atoms with E-state index in [9.17, 15) is 0 Å². The van der Waals surface area contributed by atoms with Gasteiger partial charge in [0.1, 0.15) is 0 Å². The van der Waals surface area contributed by atoms with Gasteiger partial charge in [-0.15, -0.1) is 0 Å². The summed E-state index contributed by atoms with van der Waals surface area (Å²) in [6, 6.07) is 0.204. The molecule has 0 aromatic carbocycles. The quantitative estimate of drug-likeness (QED) is 0.720. The molecule has 0 aromatic heterocycles. The van der Waals surface area contributed by atoms with Crippen LogP contribution in [0.4, 0.5) is 0 Å². The van der Waals surface area contributed by atoms with Gasteiger partial charge in [-0.1, -0.05) is 46.4 Å². The third-order valence-corrected chi connectivity index (χ3v) is 4.84. The van der Waals surface area contributed by atoms with Crippen molar-refractivity contribution in [2.75, 3.05) is 0 Å². The van der Waals surface area contributed by atoms with E-state index in [0.29, 0.717) is 16.7 Å². The van der Waals surface area contributed by atoms with Gasteiger partial charge in [0.2, 0.25) is 0 Å². The molecule has 1 aliphatic rings. The van der Waals surface area contributed by atoms with E-state index in [1.54, 1.807) is 6.20 Å². The third kappa shape index (κ3) is 3.77. The number of nitrogens with two attached hydrogens (primary N) is 2. The predicted molar refractivity (Wildman–Crippen MR) is 78.2 cm³/mol. The average Bonchev–Trinajstić information content (AvgIpc) is 2.99. The van der Waals surface area contributed by atoms with E-state index in [4.69, 9.17) is 11.5 Å². The molecule has 0 bridgehead atoms. The molecule has 0 spiro atoms. The summed E-state index contributed by atoms with van der Waals surface area (Å²) in [5, 5.41) is 0. The molecule has 17 heavy (non-hydrogen) atoms. The number of hydrogen-bond acceptors (Lipinski definition) is 2. The maximum absolute atomic E-state index is 6.22. The van der Waals surface area contributed by atoms with Crippen LogP contribution in [0.2, 0.25) is 6.32 Å². The van der Waals surface area contributed by atoms with E-state index in [-0.39, 0.29) is 6.04 Å². The highest BCUT2D eigenvalue weighted by atomic mass is 14.7. The Morgan fingerprint density at radius 1 is 1.29 bits per heavy atom. The Morgan fingerprint density at radius 2 is 1.82 bits per heavy atom. The van der Waals surface area contributed by atoms with Crippen LogP contribution in [0.3, 0.4) is 0 Å². The molecule has 98 valence electrons. The fraction of sp³-hybridized carbons (Fsp3) is 0.857.